The summed E-state index contributed by atoms with van der Waals surface area (Å²) in [5.41, 5.74) is 0.882. The number of carboxylic acid groups (broad SMARTS) is 1. The van der Waals surface area contributed by atoms with Crippen LogP contribution in [0.3, 0.4) is 0 Å². The maximum absolute atomic E-state index is 10.5. The Morgan fingerprint density at radius 3 is 3.00 bits per heavy atom. The van der Waals surface area contributed by atoms with Gasteiger partial charge in [-0.15, -0.1) is 5.10 Å². The van der Waals surface area contributed by atoms with Gasteiger partial charge in [-0.05, 0) is 45.2 Å². The number of carboxylic acids is 1. The fourth-order valence-corrected chi connectivity index (χ4v) is 1.93. The first-order valence-electron chi connectivity index (χ1n) is 4.91. The molecule has 0 amide bonds. The Kier molecular flexibility index (Phi) is 3.67. The van der Waals surface area contributed by atoms with E-state index < -0.39 is 5.97 Å². The van der Waals surface area contributed by atoms with Gasteiger partial charge in [-0.25, -0.2) is 4.68 Å². The lowest BCUT2D eigenvalue weighted by atomic mass is 10.2. The molecule has 0 aliphatic heterocycles. The van der Waals surface area contributed by atoms with Crippen LogP contribution in [0.1, 0.15) is 6.42 Å². The third kappa shape index (κ3) is 2.99. The van der Waals surface area contributed by atoms with Crippen molar-refractivity contribution in [1.29, 1.82) is 0 Å². The van der Waals surface area contributed by atoms with Gasteiger partial charge in [0.15, 0.2) is 5.82 Å². The molecule has 2 rings (SSSR count). The Balaban J connectivity index is 2.27. The van der Waals surface area contributed by atoms with Crippen molar-refractivity contribution in [2.45, 2.75) is 13.0 Å². The molecule has 0 radical (unpaired) electrons. The lowest BCUT2D eigenvalue weighted by Gasteiger charge is -2.03. The summed E-state index contributed by atoms with van der Waals surface area (Å²) in [7, 11) is 0. The SMILES string of the molecule is O=C(O)CCn1nnnc1-c1cccc(I)c1. The number of rotatable bonds is 4. The van der Waals surface area contributed by atoms with Crippen LogP contribution < -0.4 is 0 Å². The highest BCUT2D eigenvalue weighted by atomic mass is 127. The van der Waals surface area contributed by atoms with E-state index in [1.807, 2.05) is 24.3 Å². The molecule has 6 nitrogen and oxygen atoms in total. The first-order valence-corrected chi connectivity index (χ1v) is 5.98. The number of nitrogens with zero attached hydrogens (tertiary/aromatic N) is 4. The topological polar surface area (TPSA) is 80.9 Å². The second-order valence-electron chi connectivity index (χ2n) is 3.38. The highest BCUT2D eigenvalue weighted by Gasteiger charge is 2.10. The van der Waals surface area contributed by atoms with Crippen molar-refractivity contribution < 1.29 is 9.90 Å². The molecule has 0 unspecified atom stereocenters. The van der Waals surface area contributed by atoms with Crippen LogP contribution >= 0.6 is 22.6 Å². The van der Waals surface area contributed by atoms with Gasteiger partial charge in [0.05, 0.1) is 13.0 Å². The number of hydrogen-bond acceptors (Lipinski definition) is 4. The van der Waals surface area contributed by atoms with Gasteiger partial charge < -0.3 is 5.11 Å². The van der Waals surface area contributed by atoms with Crippen LogP contribution in [-0.4, -0.2) is 31.3 Å². The number of aromatic nitrogens is 4. The van der Waals surface area contributed by atoms with Gasteiger partial charge in [0, 0.05) is 9.13 Å². The second kappa shape index (κ2) is 5.21. The van der Waals surface area contributed by atoms with E-state index in [4.69, 9.17) is 5.11 Å². The Labute approximate surface area is 111 Å². The highest BCUT2D eigenvalue weighted by molar-refractivity contribution is 14.1. The van der Waals surface area contributed by atoms with Gasteiger partial charge in [0.25, 0.3) is 0 Å². The number of halogens is 1. The molecule has 1 aromatic carbocycles. The van der Waals surface area contributed by atoms with E-state index in [-0.39, 0.29) is 13.0 Å². The number of hydrogen-bond donors (Lipinski definition) is 1. The van der Waals surface area contributed by atoms with E-state index in [2.05, 4.69) is 38.1 Å². The van der Waals surface area contributed by atoms with Crippen molar-refractivity contribution in [3.8, 4) is 11.4 Å². The molecule has 7 heteroatoms. The molecule has 88 valence electrons. The van der Waals surface area contributed by atoms with E-state index >= 15 is 0 Å². The second-order valence-corrected chi connectivity index (χ2v) is 4.63. The summed E-state index contributed by atoms with van der Waals surface area (Å²) >= 11 is 2.20. The maximum Gasteiger partial charge on any atom is 0.305 e. The number of benzene rings is 1. The lowest BCUT2D eigenvalue weighted by Crippen LogP contribution is -2.07. The van der Waals surface area contributed by atoms with Crippen molar-refractivity contribution in [1.82, 2.24) is 20.2 Å². The summed E-state index contributed by atoms with van der Waals surface area (Å²) in [6.07, 6.45) is 0.00195. The van der Waals surface area contributed by atoms with Gasteiger partial charge in [-0.2, -0.15) is 0 Å². The zero-order chi connectivity index (χ0) is 12.3. The molecule has 0 saturated heterocycles. The third-order valence-electron chi connectivity index (χ3n) is 2.15. The molecule has 0 saturated carbocycles. The Bertz CT molecular complexity index is 541. The van der Waals surface area contributed by atoms with Crippen LogP contribution in [-0.2, 0) is 11.3 Å². The van der Waals surface area contributed by atoms with Crippen LogP contribution in [0.2, 0.25) is 0 Å². The van der Waals surface area contributed by atoms with Gasteiger partial charge in [-0.1, -0.05) is 12.1 Å². The smallest absolute Gasteiger partial charge is 0.305 e. The van der Waals surface area contributed by atoms with Crippen molar-refractivity contribution >= 4 is 28.6 Å². The fraction of sp³-hybridized carbons (Fsp3) is 0.200. The molecule has 1 N–H and O–H groups in total. The molecule has 1 heterocycles. The van der Waals surface area contributed by atoms with Crippen LogP contribution in [0.5, 0.6) is 0 Å². The molecule has 0 aliphatic carbocycles. The van der Waals surface area contributed by atoms with E-state index in [9.17, 15) is 4.79 Å². The van der Waals surface area contributed by atoms with E-state index in [1.54, 1.807) is 0 Å². The Morgan fingerprint density at radius 1 is 1.47 bits per heavy atom. The monoisotopic (exact) mass is 344 g/mol. The molecule has 0 aliphatic rings. The average Bonchev–Trinajstić information content (AvgIpc) is 2.74. The Hall–Kier alpha value is -1.51. The van der Waals surface area contributed by atoms with E-state index in [1.165, 1.54) is 4.68 Å². The summed E-state index contributed by atoms with van der Waals surface area (Å²) in [5.74, 6) is -0.279. The molecule has 0 fully saturated rings. The average molecular weight is 344 g/mol. The number of carbonyl (C=O) groups is 1. The van der Waals surface area contributed by atoms with Crippen molar-refractivity contribution in [3.63, 3.8) is 0 Å². The quantitative estimate of drug-likeness (QED) is 0.849. The van der Waals surface area contributed by atoms with Crippen LogP contribution in [0, 0.1) is 3.57 Å². The summed E-state index contributed by atoms with van der Waals surface area (Å²) in [6, 6.07) is 7.72. The van der Waals surface area contributed by atoms with E-state index in [0.29, 0.717) is 5.82 Å². The molecule has 1 aromatic heterocycles. The highest BCUT2D eigenvalue weighted by Crippen LogP contribution is 2.18. The van der Waals surface area contributed by atoms with Crippen molar-refractivity contribution in [2.75, 3.05) is 0 Å². The number of aliphatic carboxylic acids is 1. The van der Waals surface area contributed by atoms with E-state index in [0.717, 1.165) is 9.13 Å². The first kappa shape index (κ1) is 12.0. The standard InChI is InChI=1S/C10H9IN4O2/c11-8-3-1-2-7(6-8)10-12-13-14-15(10)5-4-9(16)17/h1-3,6H,4-5H2,(H,16,17). The molecular weight excluding hydrogens is 335 g/mol. The summed E-state index contributed by atoms with van der Waals surface area (Å²) in [4.78, 5) is 10.5. The minimum atomic E-state index is -0.867. The predicted octanol–water partition coefficient (Wildman–Crippen LogP) is 1.42. The molecule has 0 bridgehead atoms. The number of aryl methyl sites for hydroxylation is 1. The van der Waals surface area contributed by atoms with Gasteiger partial charge in [-0.3, -0.25) is 4.79 Å². The summed E-state index contributed by atoms with van der Waals surface area (Å²) in [6.45, 7) is 0.267. The molecule has 17 heavy (non-hydrogen) atoms. The van der Waals surface area contributed by atoms with Gasteiger partial charge >= 0.3 is 5.97 Å². The molecule has 2 aromatic rings. The van der Waals surface area contributed by atoms with Crippen molar-refractivity contribution in [2.24, 2.45) is 0 Å². The maximum atomic E-state index is 10.5. The normalized spacial score (nSPS) is 10.4. The lowest BCUT2D eigenvalue weighted by molar-refractivity contribution is -0.137. The van der Waals surface area contributed by atoms with Crippen LogP contribution in [0.15, 0.2) is 24.3 Å². The fourth-order valence-electron chi connectivity index (χ4n) is 1.39. The van der Waals surface area contributed by atoms with Gasteiger partial charge in [0.1, 0.15) is 0 Å². The third-order valence-corrected chi connectivity index (χ3v) is 2.82. The zero-order valence-electron chi connectivity index (χ0n) is 8.75. The summed E-state index contributed by atoms with van der Waals surface area (Å²) < 4.78 is 2.58. The summed E-state index contributed by atoms with van der Waals surface area (Å²) in [5, 5.41) is 19.9. The van der Waals surface area contributed by atoms with Gasteiger partial charge in [0.2, 0.25) is 0 Å². The van der Waals surface area contributed by atoms with Crippen molar-refractivity contribution in [3.05, 3.63) is 27.8 Å². The molecule has 0 atom stereocenters. The van der Waals surface area contributed by atoms with Crippen LogP contribution in [0.25, 0.3) is 11.4 Å². The largest absolute Gasteiger partial charge is 0.481 e. The Morgan fingerprint density at radius 2 is 2.29 bits per heavy atom. The minimum absolute atomic E-state index is 0.00195. The minimum Gasteiger partial charge on any atom is -0.481 e. The number of tetrazole rings is 1. The zero-order valence-corrected chi connectivity index (χ0v) is 10.9. The predicted molar refractivity (Wildman–Crippen MR) is 68.2 cm³/mol. The molecule has 0 spiro atoms. The van der Waals surface area contributed by atoms with Crippen LogP contribution in [0.4, 0.5) is 0 Å². The molecular formula is C10H9IN4O2. The first-order chi connectivity index (χ1) is 8.16.